The number of carbonyl (C=O) groups is 3. The Morgan fingerprint density at radius 2 is 1.88 bits per heavy atom. The minimum atomic E-state index is -0.459. The van der Waals surface area contributed by atoms with E-state index in [1.54, 1.807) is 30.3 Å². The van der Waals surface area contributed by atoms with Crippen LogP contribution in [0.3, 0.4) is 0 Å². The largest absolute Gasteiger partial charge is 0.465 e. The van der Waals surface area contributed by atoms with Gasteiger partial charge in [-0.05, 0) is 29.7 Å². The van der Waals surface area contributed by atoms with Crippen LogP contribution in [-0.2, 0) is 9.53 Å². The summed E-state index contributed by atoms with van der Waals surface area (Å²) in [6, 6.07) is 6.13. The highest BCUT2D eigenvalue weighted by molar-refractivity contribution is 6.26. The minimum absolute atomic E-state index is 0.138. The van der Waals surface area contributed by atoms with Crippen LogP contribution >= 0.6 is 0 Å². The van der Waals surface area contributed by atoms with Gasteiger partial charge in [0.25, 0.3) is 0 Å². The zero-order valence-corrected chi connectivity index (χ0v) is 14.8. The predicted molar refractivity (Wildman–Crippen MR) is 93.1 cm³/mol. The summed E-state index contributed by atoms with van der Waals surface area (Å²) in [5.74, 6) is -0.560. The number of amides is 3. The third-order valence-corrected chi connectivity index (χ3v) is 3.81. The topological polar surface area (TPSA) is 92.7 Å². The van der Waals surface area contributed by atoms with Crippen molar-refractivity contribution < 1.29 is 23.7 Å². The van der Waals surface area contributed by atoms with Crippen LogP contribution < -0.4 is 5.73 Å². The molecule has 1 aromatic rings. The Morgan fingerprint density at radius 3 is 2.40 bits per heavy atom. The summed E-state index contributed by atoms with van der Waals surface area (Å²) in [5, 5.41) is 0. The van der Waals surface area contributed by atoms with Crippen molar-refractivity contribution in [3.05, 3.63) is 41.0 Å². The first kappa shape index (κ1) is 18.4. The van der Waals surface area contributed by atoms with Crippen LogP contribution in [0.25, 0.3) is 6.08 Å². The zero-order chi connectivity index (χ0) is 18.7. The lowest BCUT2D eigenvalue weighted by Crippen LogP contribution is -2.52. The first-order valence-electron chi connectivity index (χ1n) is 7.88. The maximum absolute atomic E-state index is 12.4. The standard InChI is InChI=1S/C18H21N3O4/c1-11(2)10-21-15(19)14(16(22)20(3)18(21)24)9-12-5-7-13(8-6-12)17(23)25-4/h5-9,11,19H,10H2,1-4H3/p+1/b14-9+. The molecule has 0 radical (unpaired) electrons. The highest BCUT2D eigenvalue weighted by Gasteiger charge is 2.39. The van der Waals surface area contributed by atoms with Crippen LogP contribution in [0.1, 0.15) is 29.8 Å². The number of imide groups is 1. The van der Waals surface area contributed by atoms with E-state index in [1.807, 2.05) is 13.8 Å². The number of rotatable bonds is 4. The zero-order valence-electron chi connectivity index (χ0n) is 14.8. The predicted octanol–water partition coefficient (Wildman–Crippen LogP) is 1.47. The molecule has 1 aromatic carbocycles. The summed E-state index contributed by atoms with van der Waals surface area (Å²) < 4.78 is 6.06. The van der Waals surface area contributed by atoms with Gasteiger partial charge in [-0.25, -0.2) is 14.4 Å². The molecule has 1 aliphatic rings. The molecule has 2 rings (SSSR count). The van der Waals surface area contributed by atoms with E-state index in [2.05, 4.69) is 4.74 Å². The second-order valence-electron chi connectivity index (χ2n) is 6.21. The molecule has 0 unspecified atom stereocenters. The van der Waals surface area contributed by atoms with E-state index >= 15 is 0 Å². The van der Waals surface area contributed by atoms with Crippen molar-refractivity contribution in [2.24, 2.45) is 11.7 Å². The van der Waals surface area contributed by atoms with E-state index in [4.69, 9.17) is 5.73 Å². The quantitative estimate of drug-likeness (QED) is 0.507. The summed E-state index contributed by atoms with van der Waals surface area (Å²) in [7, 11) is 2.74. The number of urea groups is 1. The van der Waals surface area contributed by atoms with Gasteiger partial charge in [-0.2, -0.15) is 9.48 Å². The van der Waals surface area contributed by atoms with Crippen molar-refractivity contribution in [3.63, 3.8) is 0 Å². The number of likely N-dealkylation sites (N-methyl/N-ethyl adjacent to an activating group) is 1. The lowest BCUT2D eigenvalue weighted by atomic mass is 10.1. The summed E-state index contributed by atoms with van der Waals surface area (Å²) in [5.41, 5.74) is 7.43. The molecule has 0 atom stereocenters. The summed E-state index contributed by atoms with van der Waals surface area (Å²) in [6.07, 6.45) is 1.61. The van der Waals surface area contributed by atoms with Gasteiger partial charge in [-0.1, -0.05) is 26.0 Å². The van der Waals surface area contributed by atoms with Gasteiger partial charge in [0.1, 0.15) is 5.57 Å². The van der Waals surface area contributed by atoms with Crippen LogP contribution in [0.15, 0.2) is 29.8 Å². The average Bonchev–Trinajstić information content (AvgIpc) is 2.60. The van der Waals surface area contributed by atoms with Crippen LogP contribution in [0.4, 0.5) is 4.79 Å². The lowest BCUT2D eigenvalue weighted by Gasteiger charge is -2.22. The average molecular weight is 344 g/mol. The van der Waals surface area contributed by atoms with Gasteiger partial charge in [-0.3, -0.25) is 0 Å². The number of benzene rings is 1. The number of hydrogen-bond donors (Lipinski definition) is 1. The number of nitrogens with two attached hydrogens (primary N) is 1. The van der Waals surface area contributed by atoms with Gasteiger partial charge in [0.2, 0.25) is 5.84 Å². The Hall–Kier alpha value is -2.96. The van der Waals surface area contributed by atoms with Gasteiger partial charge in [0, 0.05) is 0 Å². The number of hydrogen-bond acceptors (Lipinski definition) is 5. The molecule has 0 fully saturated rings. The molecule has 0 aliphatic carbocycles. The monoisotopic (exact) mass is 344 g/mol. The number of esters is 1. The third-order valence-electron chi connectivity index (χ3n) is 3.81. The van der Waals surface area contributed by atoms with Gasteiger partial charge in [-0.15, -0.1) is 0 Å². The molecule has 2 N–H and O–H groups in total. The molecule has 1 heterocycles. The van der Waals surface area contributed by atoms with Crippen molar-refractivity contribution in [2.75, 3.05) is 20.7 Å². The molecule has 25 heavy (non-hydrogen) atoms. The van der Waals surface area contributed by atoms with E-state index in [-0.39, 0.29) is 17.3 Å². The van der Waals surface area contributed by atoms with Gasteiger partial charge < -0.3 is 10.5 Å². The van der Waals surface area contributed by atoms with Crippen molar-refractivity contribution in [1.82, 2.24) is 4.90 Å². The Kier molecular flexibility index (Phi) is 5.36. The fraction of sp³-hybridized carbons (Fsp3) is 0.333. The molecule has 3 amide bonds. The van der Waals surface area contributed by atoms with E-state index < -0.39 is 17.9 Å². The van der Waals surface area contributed by atoms with E-state index in [1.165, 1.54) is 18.7 Å². The number of carbonyl (C=O) groups excluding carboxylic acids is 3. The first-order valence-corrected chi connectivity index (χ1v) is 7.88. The Labute approximate surface area is 146 Å². The molecule has 7 heteroatoms. The smallest absolute Gasteiger partial charge is 0.446 e. The van der Waals surface area contributed by atoms with E-state index in [9.17, 15) is 14.4 Å². The van der Waals surface area contributed by atoms with Crippen LogP contribution in [0, 0.1) is 5.92 Å². The molecule has 7 nitrogen and oxygen atoms in total. The maximum Gasteiger partial charge on any atom is 0.446 e. The highest BCUT2D eigenvalue weighted by atomic mass is 16.5. The number of ether oxygens (including phenoxy) is 1. The first-order chi connectivity index (χ1) is 11.8. The number of nitrogens with zero attached hydrogens (tertiary/aromatic N) is 2. The molecular weight excluding hydrogens is 322 g/mol. The van der Waals surface area contributed by atoms with Gasteiger partial charge in [0.15, 0.2) is 0 Å². The second-order valence-corrected chi connectivity index (χ2v) is 6.21. The molecule has 0 saturated heterocycles. The molecule has 0 spiro atoms. The fourth-order valence-corrected chi connectivity index (χ4v) is 2.48. The second kappa shape index (κ2) is 7.29. The van der Waals surface area contributed by atoms with Crippen molar-refractivity contribution in [3.8, 4) is 0 Å². The van der Waals surface area contributed by atoms with E-state index in [0.29, 0.717) is 17.7 Å². The van der Waals surface area contributed by atoms with E-state index in [0.717, 1.165) is 4.90 Å². The highest BCUT2D eigenvalue weighted by Crippen LogP contribution is 2.16. The van der Waals surface area contributed by atoms with Crippen molar-refractivity contribution in [1.29, 1.82) is 0 Å². The van der Waals surface area contributed by atoms with Crippen LogP contribution in [-0.4, -0.2) is 53.9 Å². The molecule has 1 aliphatic heterocycles. The summed E-state index contributed by atoms with van der Waals surface area (Å²) >= 11 is 0. The van der Waals surface area contributed by atoms with Gasteiger partial charge >= 0.3 is 17.9 Å². The minimum Gasteiger partial charge on any atom is -0.465 e. The summed E-state index contributed by atoms with van der Waals surface area (Å²) in [6.45, 7) is 4.35. The molecule has 132 valence electrons. The molecule has 0 aromatic heterocycles. The van der Waals surface area contributed by atoms with Crippen LogP contribution in [0.2, 0.25) is 0 Å². The third kappa shape index (κ3) is 3.76. The van der Waals surface area contributed by atoms with Crippen molar-refractivity contribution >= 4 is 29.8 Å². The van der Waals surface area contributed by atoms with Gasteiger partial charge in [0.05, 0.1) is 26.3 Å². The normalized spacial score (nSPS) is 16.8. The number of methoxy groups -OCH3 is 1. The number of amidine groups is 1. The van der Waals surface area contributed by atoms with Crippen molar-refractivity contribution in [2.45, 2.75) is 13.8 Å². The maximum atomic E-state index is 12.4. The van der Waals surface area contributed by atoms with Crippen LogP contribution in [0.5, 0.6) is 0 Å². The molecule has 0 bridgehead atoms. The Morgan fingerprint density at radius 1 is 1.28 bits per heavy atom. The summed E-state index contributed by atoms with van der Waals surface area (Å²) in [4.78, 5) is 37.2. The SMILES string of the molecule is COC(=O)c1ccc(/C=C2/C(=O)N(C)C(=O)[N+](CC(C)C)=C2N)cc1. The Balaban J connectivity index is 2.45. The molecule has 0 saturated carbocycles. The molecular formula is C18H22N3O4+. The Bertz CT molecular complexity index is 776. The lowest BCUT2D eigenvalue weighted by molar-refractivity contribution is -0.444. The fourth-order valence-electron chi connectivity index (χ4n) is 2.48.